The van der Waals surface area contributed by atoms with Crippen molar-refractivity contribution in [3.63, 3.8) is 0 Å². The highest BCUT2D eigenvalue weighted by atomic mass is 16.5. The number of nitrogens with zero attached hydrogens (tertiary/aromatic N) is 2. The Kier molecular flexibility index (Phi) is 6.02. The van der Waals surface area contributed by atoms with E-state index < -0.39 is 5.97 Å². The number of anilines is 1. The Hall–Kier alpha value is -2.57. The molecule has 2 aromatic carbocycles. The van der Waals surface area contributed by atoms with Crippen LogP contribution in [-0.4, -0.2) is 62.4 Å². The van der Waals surface area contributed by atoms with E-state index in [1.54, 1.807) is 19.2 Å². The number of carbonyl (C=O) groups is 1. The predicted molar refractivity (Wildman–Crippen MR) is 112 cm³/mol. The summed E-state index contributed by atoms with van der Waals surface area (Å²) in [6.45, 7) is 5.73. The minimum Gasteiger partial charge on any atom is -0.497 e. The van der Waals surface area contributed by atoms with Gasteiger partial charge in [0.15, 0.2) is 0 Å². The van der Waals surface area contributed by atoms with E-state index in [2.05, 4.69) is 21.9 Å². The highest BCUT2D eigenvalue weighted by Gasteiger charge is 2.24. The number of fused-ring (bicyclic) bond motifs is 1. The summed E-state index contributed by atoms with van der Waals surface area (Å²) in [5.74, 6) is 0.0150. The maximum Gasteiger partial charge on any atom is 0.335 e. The SMILES string of the molecule is COc1ccc(N2CCN(CCC3OCCc4cc(C(=O)O)ccc43)CC2)cc1. The lowest BCUT2D eigenvalue weighted by atomic mass is 9.93. The second kappa shape index (κ2) is 8.84. The van der Waals surface area contributed by atoms with Gasteiger partial charge in [-0.3, -0.25) is 4.90 Å². The molecular weight excluding hydrogens is 368 g/mol. The van der Waals surface area contributed by atoms with E-state index in [1.807, 2.05) is 18.2 Å². The molecule has 0 aliphatic carbocycles. The molecule has 0 amide bonds. The van der Waals surface area contributed by atoms with E-state index in [0.29, 0.717) is 12.2 Å². The van der Waals surface area contributed by atoms with Gasteiger partial charge in [-0.05, 0) is 60.4 Å². The van der Waals surface area contributed by atoms with Crippen LogP contribution in [0.25, 0.3) is 0 Å². The lowest BCUT2D eigenvalue weighted by molar-refractivity contribution is 0.0288. The van der Waals surface area contributed by atoms with Crippen molar-refractivity contribution in [2.24, 2.45) is 0 Å². The van der Waals surface area contributed by atoms with Crippen molar-refractivity contribution in [1.82, 2.24) is 4.90 Å². The average Bonchev–Trinajstić information content (AvgIpc) is 2.77. The molecule has 1 atom stereocenters. The van der Waals surface area contributed by atoms with Gasteiger partial charge in [-0.25, -0.2) is 4.79 Å². The molecule has 6 heteroatoms. The van der Waals surface area contributed by atoms with Gasteiger partial charge in [0, 0.05) is 38.4 Å². The molecule has 1 unspecified atom stereocenters. The Balaban J connectivity index is 1.30. The summed E-state index contributed by atoms with van der Waals surface area (Å²) in [6.07, 6.45) is 1.77. The van der Waals surface area contributed by atoms with Crippen LogP contribution in [0.5, 0.6) is 5.75 Å². The highest BCUT2D eigenvalue weighted by molar-refractivity contribution is 5.88. The average molecular weight is 396 g/mol. The standard InChI is InChI=1S/C23H28N2O4/c1-28-20-5-3-19(4-6-20)25-13-11-24(12-14-25)10-8-22-21-7-2-18(23(26)27)16-17(21)9-15-29-22/h2-7,16,22H,8-15H2,1H3,(H,26,27). The zero-order valence-electron chi connectivity index (χ0n) is 16.8. The first-order valence-corrected chi connectivity index (χ1v) is 10.2. The van der Waals surface area contributed by atoms with Crippen LogP contribution in [0.15, 0.2) is 42.5 Å². The molecule has 0 radical (unpaired) electrons. The highest BCUT2D eigenvalue weighted by Crippen LogP contribution is 2.31. The van der Waals surface area contributed by atoms with Gasteiger partial charge in [0.1, 0.15) is 5.75 Å². The van der Waals surface area contributed by atoms with Crippen LogP contribution in [0.2, 0.25) is 0 Å². The number of methoxy groups -OCH3 is 1. The third kappa shape index (κ3) is 4.54. The third-order valence-corrected chi connectivity index (χ3v) is 5.94. The summed E-state index contributed by atoms with van der Waals surface area (Å²) in [7, 11) is 1.69. The number of hydrogen-bond acceptors (Lipinski definition) is 5. The molecular formula is C23H28N2O4. The summed E-state index contributed by atoms with van der Waals surface area (Å²) >= 11 is 0. The molecule has 1 fully saturated rings. The van der Waals surface area contributed by atoms with Gasteiger partial charge < -0.3 is 19.5 Å². The quantitative estimate of drug-likeness (QED) is 0.809. The van der Waals surface area contributed by atoms with Gasteiger partial charge in [-0.2, -0.15) is 0 Å². The number of carboxylic acids is 1. The second-order valence-electron chi connectivity index (χ2n) is 7.64. The fraction of sp³-hybridized carbons (Fsp3) is 0.435. The molecule has 0 aromatic heterocycles. The van der Waals surface area contributed by atoms with Crippen LogP contribution in [0.1, 0.15) is 34.0 Å². The maximum absolute atomic E-state index is 11.2. The molecule has 1 saturated heterocycles. The zero-order chi connectivity index (χ0) is 20.2. The first-order valence-electron chi connectivity index (χ1n) is 10.2. The smallest absolute Gasteiger partial charge is 0.335 e. The summed E-state index contributed by atoms with van der Waals surface area (Å²) < 4.78 is 11.3. The van der Waals surface area contributed by atoms with E-state index in [1.165, 1.54) is 5.69 Å². The van der Waals surface area contributed by atoms with Crippen LogP contribution in [0.3, 0.4) is 0 Å². The van der Waals surface area contributed by atoms with Crippen LogP contribution in [0, 0.1) is 0 Å². The molecule has 0 bridgehead atoms. The minimum atomic E-state index is -0.870. The number of ether oxygens (including phenoxy) is 2. The molecule has 29 heavy (non-hydrogen) atoms. The van der Waals surface area contributed by atoms with E-state index >= 15 is 0 Å². The number of benzene rings is 2. The van der Waals surface area contributed by atoms with Crippen molar-refractivity contribution in [3.8, 4) is 5.75 Å². The van der Waals surface area contributed by atoms with Crippen LogP contribution >= 0.6 is 0 Å². The second-order valence-corrected chi connectivity index (χ2v) is 7.64. The number of carboxylic acid groups (broad SMARTS) is 1. The molecule has 2 aliphatic heterocycles. The van der Waals surface area contributed by atoms with E-state index in [9.17, 15) is 9.90 Å². The van der Waals surface area contributed by atoms with E-state index in [4.69, 9.17) is 9.47 Å². The van der Waals surface area contributed by atoms with Gasteiger partial charge in [-0.1, -0.05) is 6.07 Å². The first-order chi connectivity index (χ1) is 14.1. The predicted octanol–water partition coefficient (Wildman–Crippen LogP) is 3.22. The molecule has 6 nitrogen and oxygen atoms in total. The number of aromatic carboxylic acids is 1. The van der Waals surface area contributed by atoms with Gasteiger partial charge in [0.25, 0.3) is 0 Å². The largest absolute Gasteiger partial charge is 0.497 e. The van der Waals surface area contributed by atoms with Crippen molar-refractivity contribution >= 4 is 11.7 Å². The number of hydrogen-bond donors (Lipinski definition) is 1. The molecule has 2 aliphatic rings. The van der Waals surface area contributed by atoms with Gasteiger partial charge in [0.2, 0.25) is 0 Å². The summed E-state index contributed by atoms with van der Waals surface area (Å²) in [6, 6.07) is 13.7. The van der Waals surface area contributed by atoms with Gasteiger partial charge >= 0.3 is 5.97 Å². The zero-order valence-corrected chi connectivity index (χ0v) is 16.8. The summed E-state index contributed by atoms with van der Waals surface area (Å²) in [5.41, 5.74) is 3.87. The molecule has 154 valence electrons. The molecule has 1 N–H and O–H groups in total. The molecule has 2 heterocycles. The fourth-order valence-electron chi connectivity index (χ4n) is 4.23. The van der Waals surface area contributed by atoms with Crippen molar-refractivity contribution < 1.29 is 19.4 Å². The Morgan fingerprint density at radius 3 is 2.59 bits per heavy atom. The molecule has 0 spiro atoms. The topological polar surface area (TPSA) is 62.2 Å². The third-order valence-electron chi connectivity index (χ3n) is 5.94. The van der Waals surface area contributed by atoms with E-state index in [0.717, 1.165) is 62.4 Å². The summed E-state index contributed by atoms with van der Waals surface area (Å²) in [5, 5.41) is 9.21. The fourth-order valence-corrected chi connectivity index (χ4v) is 4.23. The van der Waals surface area contributed by atoms with Crippen molar-refractivity contribution in [2.45, 2.75) is 18.9 Å². The Labute approximate surface area is 171 Å². The van der Waals surface area contributed by atoms with Crippen LogP contribution in [-0.2, 0) is 11.2 Å². The first kappa shape index (κ1) is 19.7. The van der Waals surface area contributed by atoms with Gasteiger partial charge in [-0.15, -0.1) is 0 Å². The Morgan fingerprint density at radius 1 is 1.14 bits per heavy atom. The van der Waals surface area contributed by atoms with Crippen molar-refractivity contribution in [2.75, 3.05) is 51.3 Å². The summed E-state index contributed by atoms with van der Waals surface area (Å²) in [4.78, 5) is 16.1. The Bertz CT molecular complexity index is 844. The molecule has 0 saturated carbocycles. The van der Waals surface area contributed by atoms with Gasteiger partial charge in [0.05, 0.1) is 25.4 Å². The maximum atomic E-state index is 11.2. The molecule has 4 rings (SSSR count). The normalized spacial score (nSPS) is 19.6. The lowest BCUT2D eigenvalue weighted by Crippen LogP contribution is -2.46. The molecule has 2 aromatic rings. The van der Waals surface area contributed by atoms with Crippen molar-refractivity contribution in [3.05, 3.63) is 59.2 Å². The number of rotatable bonds is 6. The minimum absolute atomic E-state index is 0.0567. The van der Waals surface area contributed by atoms with Crippen molar-refractivity contribution in [1.29, 1.82) is 0 Å². The number of piperazine rings is 1. The lowest BCUT2D eigenvalue weighted by Gasteiger charge is -2.37. The van der Waals surface area contributed by atoms with Crippen LogP contribution < -0.4 is 9.64 Å². The van der Waals surface area contributed by atoms with Crippen LogP contribution in [0.4, 0.5) is 5.69 Å². The Morgan fingerprint density at radius 2 is 1.90 bits per heavy atom. The monoisotopic (exact) mass is 396 g/mol. The van der Waals surface area contributed by atoms with E-state index in [-0.39, 0.29) is 6.10 Å².